The molecule has 0 amide bonds. The van der Waals surface area contributed by atoms with Gasteiger partial charge in [0.25, 0.3) is 0 Å². The Kier molecular flexibility index (Phi) is 5.81. The van der Waals surface area contributed by atoms with Gasteiger partial charge in [0.2, 0.25) is 0 Å². The third-order valence-corrected chi connectivity index (χ3v) is 3.42. The number of alkyl halides is 3. The smallest absolute Gasteiger partial charge is 0.417 e. The van der Waals surface area contributed by atoms with Gasteiger partial charge in [-0.2, -0.15) is 13.2 Å². The number of hydrogen-bond donors (Lipinski definition) is 1. The molecular formula is C16H10ClF5N2O2. The first-order valence-corrected chi connectivity index (χ1v) is 7.24. The van der Waals surface area contributed by atoms with E-state index in [1.807, 2.05) is 0 Å². The van der Waals surface area contributed by atoms with Crippen LogP contribution in [0.5, 0.6) is 0 Å². The number of pyridine rings is 1. The van der Waals surface area contributed by atoms with Crippen LogP contribution in [0, 0.1) is 11.6 Å². The first kappa shape index (κ1) is 19.6. The third-order valence-electron chi connectivity index (χ3n) is 3.13. The van der Waals surface area contributed by atoms with Gasteiger partial charge in [-0.25, -0.2) is 13.6 Å². The fraction of sp³-hybridized carbons (Fsp3) is 0.125. The molecule has 1 aromatic heterocycles. The van der Waals surface area contributed by atoms with Gasteiger partial charge in [-0.05, 0) is 18.2 Å². The molecule has 4 nitrogen and oxygen atoms in total. The summed E-state index contributed by atoms with van der Waals surface area (Å²) >= 11 is 5.80. The molecule has 0 fully saturated rings. The lowest BCUT2D eigenvalue weighted by molar-refractivity contribution is -0.137. The predicted molar refractivity (Wildman–Crippen MR) is 84.2 cm³/mol. The largest absolute Gasteiger partial charge is 0.465 e. The van der Waals surface area contributed by atoms with Gasteiger partial charge in [-0.1, -0.05) is 11.6 Å². The molecular weight excluding hydrogens is 383 g/mol. The molecule has 10 heteroatoms. The molecule has 1 aromatic carbocycles. The number of aromatic nitrogens is 1. The van der Waals surface area contributed by atoms with E-state index >= 15 is 0 Å². The molecule has 26 heavy (non-hydrogen) atoms. The highest BCUT2D eigenvalue weighted by molar-refractivity contribution is 6.34. The minimum absolute atomic E-state index is 0.311. The molecule has 2 aromatic rings. The molecule has 0 radical (unpaired) electrons. The second kappa shape index (κ2) is 7.69. The van der Waals surface area contributed by atoms with Crippen LogP contribution in [0.3, 0.4) is 0 Å². The standard InChI is InChI=1S/C16H10ClF5N2O2/c1-26-15(25)10(7-23-13-5-9(18)2-3-12(13)19)14-11(17)4-8(6-24-14)16(20,21)22/h2-7,23H,1H3/b10-7-. The number of ether oxygens (including phenoxy) is 1. The zero-order valence-electron chi connectivity index (χ0n) is 13.0. The van der Waals surface area contributed by atoms with Crippen molar-refractivity contribution >= 4 is 28.8 Å². The van der Waals surface area contributed by atoms with Crippen LogP contribution in [-0.4, -0.2) is 18.1 Å². The number of carbonyl (C=O) groups is 1. The van der Waals surface area contributed by atoms with Crippen molar-refractivity contribution in [1.82, 2.24) is 4.98 Å². The molecule has 1 N–H and O–H groups in total. The van der Waals surface area contributed by atoms with Crippen LogP contribution in [0.2, 0.25) is 5.02 Å². The van der Waals surface area contributed by atoms with Crippen molar-refractivity contribution < 1.29 is 31.5 Å². The van der Waals surface area contributed by atoms with Crippen molar-refractivity contribution in [1.29, 1.82) is 0 Å². The predicted octanol–water partition coefficient (Wildman–Crippen LogP) is 4.66. The molecule has 0 spiro atoms. The van der Waals surface area contributed by atoms with Crippen LogP contribution < -0.4 is 5.32 Å². The van der Waals surface area contributed by atoms with E-state index in [2.05, 4.69) is 15.0 Å². The molecule has 138 valence electrons. The van der Waals surface area contributed by atoms with Gasteiger partial charge in [0.15, 0.2) is 0 Å². The molecule has 0 atom stereocenters. The first-order valence-electron chi connectivity index (χ1n) is 6.86. The zero-order valence-corrected chi connectivity index (χ0v) is 13.8. The van der Waals surface area contributed by atoms with Crippen molar-refractivity contribution in [2.75, 3.05) is 12.4 Å². The lowest BCUT2D eigenvalue weighted by Gasteiger charge is -2.11. The van der Waals surface area contributed by atoms with Crippen molar-refractivity contribution in [3.8, 4) is 0 Å². The van der Waals surface area contributed by atoms with E-state index in [-0.39, 0.29) is 17.0 Å². The van der Waals surface area contributed by atoms with Crippen molar-refractivity contribution in [3.63, 3.8) is 0 Å². The lowest BCUT2D eigenvalue weighted by Crippen LogP contribution is -2.11. The second-order valence-corrected chi connectivity index (χ2v) is 5.28. The summed E-state index contributed by atoms with van der Waals surface area (Å²) in [7, 11) is 1.02. The number of benzene rings is 1. The minimum atomic E-state index is -4.67. The molecule has 0 aliphatic rings. The molecule has 2 rings (SSSR count). The molecule has 0 bridgehead atoms. The number of nitrogens with zero attached hydrogens (tertiary/aromatic N) is 1. The van der Waals surface area contributed by atoms with Crippen LogP contribution in [0.1, 0.15) is 11.3 Å². The SMILES string of the molecule is COC(=O)/C(=C\Nc1cc(F)ccc1F)c1ncc(C(F)(F)F)cc1Cl. The Bertz CT molecular complexity index is 868. The lowest BCUT2D eigenvalue weighted by atomic mass is 10.1. The molecule has 0 saturated carbocycles. The maximum Gasteiger partial charge on any atom is 0.417 e. The highest BCUT2D eigenvalue weighted by atomic mass is 35.5. The quantitative estimate of drug-likeness (QED) is 0.467. The van der Waals surface area contributed by atoms with Gasteiger partial charge in [0, 0.05) is 18.5 Å². The molecule has 0 aliphatic heterocycles. The molecule has 1 heterocycles. The summed E-state index contributed by atoms with van der Waals surface area (Å²) in [5, 5.41) is 1.87. The van der Waals surface area contributed by atoms with E-state index in [0.29, 0.717) is 12.3 Å². The summed E-state index contributed by atoms with van der Waals surface area (Å²) in [5.74, 6) is -2.56. The summed E-state index contributed by atoms with van der Waals surface area (Å²) in [6.07, 6.45) is -3.28. The summed E-state index contributed by atoms with van der Waals surface area (Å²) in [6, 6.07) is 3.15. The minimum Gasteiger partial charge on any atom is -0.465 e. The Hall–Kier alpha value is -2.68. The Morgan fingerprint density at radius 2 is 1.96 bits per heavy atom. The van der Waals surface area contributed by atoms with E-state index in [1.165, 1.54) is 0 Å². The highest BCUT2D eigenvalue weighted by Gasteiger charge is 2.32. The Balaban J connectivity index is 2.45. The average molecular weight is 393 g/mol. The summed E-state index contributed by atoms with van der Waals surface area (Å²) in [4.78, 5) is 15.4. The van der Waals surface area contributed by atoms with Gasteiger partial charge in [-0.3, -0.25) is 4.98 Å². The van der Waals surface area contributed by atoms with Crippen LogP contribution in [0.15, 0.2) is 36.7 Å². The summed E-state index contributed by atoms with van der Waals surface area (Å²) in [6.45, 7) is 0. The fourth-order valence-electron chi connectivity index (χ4n) is 1.88. The number of methoxy groups -OCH3 is 1. The highest BCUT2D eigenvalue weighted by Crippen LogP contribution is 2.33. The van der Waals surface area contributed by atoms with Crippen LogP contribution in [0.25, 0.3) is 5.57 Å². The Morgan fingerprint density at radius 3 is 2.54 bits per heavy atom. The number of esters is 1. The average Bonchev–Trinajstić information content (AvgIpc) is 2.57. The maximum atomic E-state index is 13.6. The maximum absolute atomic E-state index is 13.6. The van der Waals surface area contributed by atoms with E-state index < -0.39 is 34.4 Å². The summed E-state index contributed by atoms with van der Waals surface area (Å²) in [5.41, 5.74) is -2.13. The van der Waals surface area contributed by atoms with Crippen molar-refractivity contribution in [2.45, 2.75) is 6.18 Å². The monoisotopic (exact) mass is 392 g/mol. The van der Waals surface area contributed by atoms with Gasteiger partial charge < -0.3 is 10.1 Å². The van der Waals surface area contributed by atoms with Gasteiger partial charge >= 0.3 is 12.1 Å². The Labute approximate surface area is 149 Å². The van der Waals surface area contributed by atoms with Crippen molar-refractivity contribution in [3.05, 3.63) is 64.6 Å². The van der Waals surface area contributed by atoms with Crippen LogP contribution in [0.4, 0.5) is 27.6 Å². The molecule has 0 saturated heterocycles. The topological polar surface area (TPSA) is 51.2 Å². The van der Waals surface area contributed by atoms with Gasteiger partial charge in [-0.15, -0.1) is 0 Å². The van der Waals surface area contributed by atoms with Crippen LogP contribution >= 0.6 is 11.6 Å². The van der Waals surface area contributed by atoms with Gasteiger partial charge in [0.05, 0.1) is 29.1 Å². The number of rotatable bonds is 4. The first-order chi connectivity index (χ1) is 12.1. The van der Waals surface area contributed by atoms with Crippen molar-refractivity contribution in [2.24, 2.45) is 0 Å². The number of carbonyl (C=O) groups excluding carboxylic acids is 1. The van der Waals surface area contributed by atoms with Gasteiger partial charge in [0.1, 0.15) is 17.2 Å². The van der Waals surface area contributed by atoms with E-state index in [0.717, 1.165) is 31.5 Å². The number of halogens is 6. The third kappa shape index (κ3) is 4.48. The zero-order chi connectivity index (χ0) is 19.5. The van der Waals surface area contributed by atoms with E-state index in [9.17, 15) is 26.7 Å². The number of hydrogen-bond acceptors (Lipinski definition) is 4. The summed E-state index contributed by atoms with van der Waals surface area (Å²) < 4.78 is 69.4. The second-order valence-electron chi connectivity index (χ2n) is 4.87. The van der Waals surface area contributed by atoms with E-state index in [4.69, 9.17) is 11.6 Å². The normalized spacial score (nSPS) is 12.0. The number of anilines is 1. The van der Waals surface area contributed by atoms with E-state index in [1.54, 1.807) is 0 Å². The fourth-order valence-corrected chi connectivity index (χ4v) is 2.15. The molecule has 0 unspecified atom stereocenters. The Morgan fingerprint density at radius 1 is 1.27 bits per heavy atom. The van der Waals surface area contributed by atoms with Crippen LogP contribution in [-0.2, 0) is 15.7 Å². The molecule has 0 aliphatic carbocycles. The number of nitrogens with one attached hydrogen (secondary N) is 1.